The molecule has 0 saturated heterocycles. The first-order valence-corrected chi connectivity index (χ1v) is 7.41. The van der Waals surface area contributed by atoms with Crippen LogP contribution in [0.2, 0.25) is 0 Å². The van der Waals surface area contributed by atoms with E-state index in [-0.39, 0.29) is 5.69 Å². The molecule has 108 valence electrons. The van der Waals surface area contributed by atoms with Crippen molar-refractivity contribution in [2.75, 3.05) is 10.5 Å². The Balaban J connectivity index is 2.46. The molecule has 3 N–H and O–H groups in total. The summed E-state index contributed by atoms with van der Waals surface area (Å²) in [5.41, 5.74) is 6.66. The number of nitrogens with one attached hydrogen (secondary N) is 1. The molecule has 0 fully saturated rings. The predicted octanol–water partition coefficient (Wildman–Crippen LogP) is 2.39. The first-order chi connectivity index (χ1) is 9.85. The highest BCUT2D eigenvalue weighted by molar-refractivity contribution is 7.92. The summed E-state index contributed by atoms with van der Waals surface area (Å²) in [6.07, 6.45) is 0. The predicted molar refractivity (Wildman–Crippen MR) is 77.5 cm³/mol. The van der Waals surface area contributed by atoms with Crippen LogP contribution in [0.15, 0.2) is 41.3 Å². The van der Waals surface area contributed by atoms with Crippen molar-refractivity contribution in [3.05, 3.63) is 53.3 Å². The summed E-state index contributed by atoms with van der Waals surface area (Å²) in [4.78, 5) is -0.403. The van der Waals surface area contributed by atoms with Gasteiger partial charge in [0.2, 0.25) is 0 Å². The Morgan fingerprint density at radius 1 is 1.29 bits per heavy atom. The summed E-state index contributed by atoms with van der Waals surface area (Å²) in [7, 11) is -4.06. The Hall–Kier alpha value is -2.59. The maximum Gasteiger partial charge on any atom is 0.263 e. The molecule has 0 radical (unpaired) electrons. The Labute approximate surface area is 121 Å². The van der Waals surface area contributed by atoms with Crippen LogP contribution in [-0.4, -0.2) is 8.42 Å². The summed E-state index contributed by atoms with van der Waals surface area (Å²) in [5, 5.41) is 8.91. The second-order valence-electron chi connectivity index (χ2n) is 4.40. The van der Waals surface area contributed by atoms with Gasteiger partial charge in [0.15, 0.2) is 0 Å². The fraction of sp³-hybridized carbons (Fsp3) is 0.0714. The van der Waals surface area contributed by atoms with E-state index in [0.717, 1.165) is 6.07 Å². The number of sulfonamides is 1. The Morgan fingerprint density at radius 2 is 2.00 bits per heavy atom. The van der Waals surface area contributed by atoms with Crippen molar-refractivity contribution >= 4 is 21.4 Å². The third-order valence-electron chi connectivity index (χ3n) is 2.90. The van der Waals surface area contributed by atoms with Crippen LogP contribution in [0.25, 0.3) is 0 Å². The number of hydrogen-bond donors (Lipinski definition) is 2. The van der Waals surface area contributed by atoms with Crippen LogP contribution in [0.4, 0.5) is 15.8 Å². The summed E-state index contributed by atoms with van der Waals surface area (Å²) >= 11 is 0. The first-order valence-electron chi connectivity index (χ1n) is 5.92. The largest absolute Gasteiger partial charge is 0.399 e. The second kappa shape index (κ2) is 5.42. The maximum atomic E-state index is 13.5. The molecule has 0 aliphatic heterocycles. The minimum atomic E-state index is -4.06. The normalized spacial score (nSPS) is 10.9. The number of hydrogen-bond acceptors (Lipinski definition) is 4. The molecule has 0 atom stereocenters. The smallest absolute Gasteiger partial charge is 0.263 e. The highest BCUT2D eigenvalue weighted by Crippen LogP contribution is 2.23. The number of nitriles is 1. The molecule has 0 unspecified atom stereocenters. The number of anilines is 2. The van der Waals surface area contributed by atoms with Gasteiger partial charge in [-0.25, -0.2) is 12.8 Å². The van der Waals surface area contributed by atoms with Crippen molar-refractivity contribution in [1.82, 2.24) is 0 Å². The Morgan fingerprint density at radius 3 is 2.62 bits per heavy atom. The van der Waals surface area contributed by atoms with Gasteiger partial charge in [0.05, 0.1) is 0 Å². The quantitative estimate of drug-likeness (QED) is 0.851. The zero-order valence-corrected chi connectivity index (χ0v) is 11.9. The molecule has 2 rings (SSSR count). The van der Waals surface area contributed by atoms with Gasteiger partial charge in [-0.05, 0) is 42.8 Å². The molecule has 0 aliphatic carbocycles. The number of benzene rings is 2. The lowest BCUT2D eigenvalue weighted by Gasteiger charge is -2.11. The molecule has 0 heterocycles. The number of aryl methyl sites for hydroxylation is 1. The Kier molecular flexibility index (Phi) is 3.82. The van der Waals surface area contributed by atoms with Gasteiger partial charge < -0.3 is 5.73 Å². The highest BCUT2D eigenvalue weighted by atomic mass is 32.2. The summed E-state index contributed by atoms with van der Waals surface area (Å²) in [6, 6.07) is 9.61. The van der Waals surface area contributed by atoms with Gasteiger partial charge in [0.25, 0.3) is 10.0 Å². The van der Waals surface area contributed by atoms with Crippen molar-refractivity contribution in [2.45, 2.75) is 11.8 Å². The molecular formula is C14H12FN3O2S. The third-order valence-corrected chi connectivity index (χ3v) is 4.32. The molecule has 2 aromatic carbocycles. The zero-order chi connectivity index (χ0) is 15.6. The van der Waals surface area contributed by atoms with E-state index in [1.54, 1.807) is 25.1 Å². The van der Waals surface area contributed by atoms with Crippen molar-refractivity contribution in [3.8, 4) is 6.07 Å². The van der Waals surface area contributed by atoms with Crippen LogP contribution < -0.4 is 10.5 Å². The monoisotopic (exact) mass is 305 g/mol. The van der Waals surface area contributed by atoms with Crippen molar-refractivity contribution in [2.24, 2.45) is 0 Å². The van der Waals surface area contributed by atoms with Crippen molar-refractivity contribution < 1.29 is 12.8 Å². The summed E-state index contributed by atoms with van der Waals surface area (Å²) < 4.78 is 40.3. The van der Waals surface area contributed by atoms with Crippen LogP contribution in [0.3, 0.4) is 0 Å². The molecular weight excluding hydrogens is 293 g/mol. The van der Waals surface area contributed by atoms with Crippen LogP contribution >= 0.6 is 0 Å². The molecule has 0 spiro atoms. The number of halogens is 1. The minimum Gasteiger partial charge on any atom is -0.399 e. The van der Waals surface area contributed by atoms with Gasteiger partial charge in [0.1, 0.15) is 22.3 Å². The van der Waals surface area contributed by atoms with Crippen LogP contribution in [0, 0.1) is 24.1 Å². The van der Waals surface area contributed by atoms with E-state index in [9.17, 15) is 12.8 Å². The third kappa shape index (κ3) is 2.95. The van der Waals surface area contributed by atoms with E-state index in [2.05, 4.69) is 4.72 Å². The SMILES string of the molecule is Cc1cc(NS(=O)(=O)c2cccc(F)c2C#N)ccc1N. The standard InChI is InChI=1S/C14H12FN3O2S/c1-9-7-10(5-6-13(9)17)18-21(19,20)14-4-2-3-12(15)11(14)8-16/h2-7,18H,17H2,1H3. The van der Waals surface area contributed by atoms with Gasteiger partial charge in [0, 0.05) is 11.4 Å². The van der Waals surface area contributed by atoms with Crippen molar-refractivity contribution in [3.63, 3.8) is 0 Å². The average Bonchev–Trinajstić information content (AvgIpc) is 2.42. The van der Waals surface area contributed by atoms with Crippen LogP contribution in [0.5, 0.6) is 0 Å². The van der Waals surface area contributed by atoms with E-state index < -0.39 is 26.3 Å². The second-order valence-corrected chi connectivity index (χ2v) is 6.05. The molecule has 2 aromatic rings. The molecule has 21 heavy (non-hydrogen) atoms. The molecule has 0 aliphatic rings. The van der Waals surface area contributed by atoms with Gasteiger partial charge in [-0.15, -0.1) is 0 Å². The first kappa shape index (κ1) is 14.8. The lowest BCUT2D eigenvalue weighted by atomic mass is 10.2. The number of nitrogens with two attached hydrogens (primary N) is 1. The minimum absolute atomic E-state index is 0.287. The van der Waals surface area contributed by atoms with E-state index >= 15 is 0 Å². The lowest BCUT2D eigenvalue weighted by Crippen LogP contribution is -2.15. The fourth-order valence-electron chi connectivity index (χ4n) is 1.79. The van der Waals surface area contributed by atoms with Crippen LogP contribution in [0.1, 0.15) is 11.1 Å². The van der Waals surface area contributed by atoms with Crippen LogP contribution in [-0.2, 0) is 10.0 Å². The Bertz CT molecular complexity index is 842. The molecule has 0 bridgehead atoms. The number of rotatable bonds is 3. The zero-order valence-electron chi connectivity index (χ0n) is 11.1. The molecule has 0 amide bonds. The topological polar surface area (TPSA) is 96.0 Å². The molecule has 7 heteroatoms. The van der Waals surface area contributed by atoms with E-state index in [0.29, 0.717) is 11.3 Å². The average molecular weight is 305 g/mol. The fourth-order valence-corrected chi connectivity index (χ4v) is 3.00. The molecule has 0 aromatic heterocycles. The number of nitrogens with zero attached hydrogens (tertiary/aromatic N) is 1. The van der Waals surface area contributed by atoms with Gasteiger partial charge >= 0.3 is 0 Å². The lowest BCUT2D eigenvalue weighted by molar-refractivity contribution is 0.593. The summed E-state index contributed by atoms with van der Waals surface area (Å²) in [6.45, 7) is 1.73. The van der Waals surface area contributed by atoms with Gasteiger partial charge in [-0.1, -0.05) is 6.07 Å². The molecule has 5 nitrogen and oxygen atoms in total. The highest BCUT2D eigenvalue weighted by Gasteiger charge is 2.21. The summed E-state index contributed by atoms with van der Waals surface area (Å²) in [5.74, 6) is -0.881. The van der Waals surface area contributed by atoms with Gasteiger partial charge in [-0.3, -0.25) is 4.72 Å². The maximum absolute atomic E-state index is 13.5. The van der Waals surface area contributed by atoms with E-state index in [4.69, 9.17) is 11.0 Å². The van der Waals surface area contributed by atoms with E-state index in [1.165, 1.54) is 18.2 Å². The van der Waals surface area contributed by atoms with Crippen molar-refractivity contribution in [1.29, 1.82) is 5.26 Å². The van der Waals surface area contributed by atoms with Gasteiger partial charge in [-0.2, -0.15) is 5.26 Å². The van der Waals surface area contributed by atoms with E-state index in [1.807, 2.05) is 0 Å². The molecule has 0 saturated carbocycles. The number of nitrogen functional groups attached to an aromatic ring is 1.